The average Bonchev–Trinajstić information content (AvgIpc) is 3.49. The van der Waals surface area contributed by atoms with Crippen LogP contribution in [0.5, 0.6) is 5.75 Å². The SMILES string of the molecule is COc1cc(C2C[C@H]2C(F)(F)F)ccc1-n1c(=O)ccc2cc(S(=O)(=O)Nc3ccon3)ccc21. The van der Waals surface area contributed by atoms with Crippen molar-refractivity contribution in [3.8, 4) is 11.4 Å². The molecule has 2 atom stereocenters. The molecule has 1 saturated carbocycles. The summed E-state index contributed by atoms with van der Waals surface area (Å²) in [5, 5.41) is 3.97. The summed E-state index contributed by atoms with van der Waals surface area (Å²) < 4.78 is 78.1. The second kappa shape index (κ2) is 8.15. The van der Waals surface area contributed by atoms with Gasteiger partial charge in [-0.05, 0) is 54.3 Å². The maximum Gasteiger partial charge on any atom is 0.392 e. The van der Waals surface area contributed by atoms with Crippen molar-refractivity contribution in [3.05, 3.63) is 76.8 Å². The van der Waals surface area contributed by atoms with E-state index in [1.807, 2.05) is 0 Å². The van der Waals surface area contributed by atoms with Crippen molar-refractivity contribution >= 4 is 26.7 Å². The Morgan fingerprint density at radius 2 is 1.91 bits per heavy atom. The highest BCUT2D eigenvalue weighted by Gasteiger charge is 2.56. The molecular weight excluding hydrogens is 487 g/mol. The molecule has 1 aliphatic rings. The number of sulfonamides is 1. The molecule has 4 aromatic rings. The molecule has 0 aliphatic heterocycles. The molecule has 0 radical (unpaired) electrons. The number of halogens is 3. The summed E-state index contributed by atoms with van der Waals surface area (Å²) in [5.74, 6) is -1.78. The molecule has 1 N–H and O–H groups in total. The van der Waals surface area contributed by atoms with Crippen molar-refractivity contribution < 1.29 is 30.8 Å². The lowest BCUT2D eigenvalue weighted by Gasteiger charge is -2.16. The number of methoxy groups -OCH3 is 1. The van der Waals surface area contributed by atoms with Gasteiger partial charge in [-0.3, -0.25) is 14.1 Å². The molecule has 2 aromatic heterocycles. The van der Waals surface area contributed by atoms with Gasteiger partial charge < -0.3 is 9.26 Å². The van der Waals surface area contributed by atoms with Gasteiger partial charge in [-0.15, -0.1) is 0 Å². The van der Waals surface area contributed by atoms with Crippen molar-refractivity contribution in [2.45, 2.75) is 23.4 Å². The molecular formula is C23H18F3N3O5S. The van der Waals surface area contributed by atoms with Crippen LogP contribution in [0.15, 0.2) is 75.1 Å². The maximum absolute atomic E-state index is 13.0. The topological polar surface area (TPSA) is 103 Å². The number of rotatable bonds is 6. The molecule has 0 amide bonds. The van der Waals surface area contributed by atoms with Crippen LogP contribution in [0.1, 0.15) is 17.9 Å². The van der Waals surface area contributed by atoms with E-state index in [9.17, 15) is 26.4 Å². The van der Waals surface area contributed by atoms with Gasteiger partial charge in [0.2, 0.25) is 0 Å². The molecule has 35 heavy (non-hydrogen) atoms. The molecule has 1 unspecified atom stereocenters. The Labute approximate surface area is 197 Å². The first kappa shape index (κ1) is 23.0. The highest BCUT2D eigenvalue weighted by atomic mass is 32.2. The van der Waals surface area contributed by atoms with Crippen LogP contribution in [0.3, 0.4) is 0 Å². The largest absolute Gasteiger partial charge is 0.495 e. The summed E-state index contributed by atoms with van der Waals surface area (Å²) in [6, 6.07) is 12.9. The van der Waals surface area contributed by atoms with Crippen LogP contribution in [0.25, 0.3) is 16.6 Å². The Hall–Kier alpha value is -3.80. The zero-order valence-electron chi connectivity index (χ0n) is 18.1. The zero-order valence-corrected chi connectivity index (χ0v) is 18.9. The Bertz CT molecular complexity index is 1580. The third-order valence-corrected chi connectivity index (χ3v) is 7.29. The molecule has 0 spiro atoms. The third kappa shape index (κ3) is 4.25. The van der Waals surface area contributed by atoms with Gasteiger partial charge in [-0.2, -0.15) is 13.2 Å². The molecule has 12 heteroatoms. The number of anilines is 1. The van der Waals surface area contributed by atoms with Crippen LogP contribution in [-0.4, -0.2) is 31.4 Å². The van der Waals surface area contributed by atoms with Gasteiger partial charge in [0.1, 0.15) is 12.0 Å². The summed E-state index contributed by atoms with van der Waals surface area (Å²) in [7, 11) is -2.61. The second-order valence-corrected chi connectivity index (χ2v) is 9.82. The monoisotopic (exact) mass is 505 g/mol. The first-order chi connectivity index (χ1) is 16.6. The van der Waals surface area contributed by atoms with Gasteiger partial charge in [0.05, 0.1) is 29.1 Å². The van der Waals surface area contributed by atoms with Crippen molar-refractivity contribution in [2.24, 2.45) is 5.92 Å². The Morgan fingerprint density at radius 1 is 1.11 bits per heavy atom. The number of alkyl halides is 3. The minimum absolute atomic E-state index is 0.0137. The van der Waals surface area contributed by atoms with Crippen LogP contribution < -0.4 is 15.0 Å². The van der Waals surface area contributed by atoms with Gasteiger partial charge in [0.15, 0.2) is 5.82 Å². The van der Waals surface area contributed by atoms with E-state index < -0.39 is 33.6 Å². The molecule has 182 valence electrons. The van der Waals surface area contributed by atoms with Crippen molar-refractivity contribution in [1.29, 1.82) is 0 Å². The fraction of sp³-hybridized carbons (Fsp3) is 0.217. The van der Waals surface area contributed by atoms with Crippen LogP contribution in [0.4, 0.5) is 19.0 Å². The number of fused-ring (bicyclic) bond motifs is 1. The molecule has 0 saturated heterocycles. The van der Waals surface area contributed by atoms with E-state index in [0.717, 1.165) is 0 Å². The molecule has 8 nitrogen and oxygen atoms in total. The molecule has 2 heterocycles. The Morgan fingerprint density at radius 3 is 2.57 bits per heavy atom. The fourth-order valence-corrected chi connectivity index (χ4v) is 5.16. The van der Waals surface area contributed by atoms with E-state index in [4.69, 9.17) is 4.74 Å². The number of benzene rings is 2. The van der Waals surface area contributed by atoms with E-state index in [-0.39, 0.29) is 22.9 Å². The molecule has 0 bridgehead atoms. The quantitative estimate of drug-likeness (QED) is 0.415. The smallest absolute Gasteiger partial charge is 0.392 e. The molecule has 1 aliphatic carbocycles. The fourth-order valence-electron chi connectivity index (χ4n) is 4.14. The molecule has 2 aromatic carbocycles. The lowest BCUT2D eigenvalue weighted by molar-refractivity contribution is -0.148. The summed E-state index contributed by atoms with van der Waals surface area (Å²) >= 11 is 0. The van der Waals surface area contributed by atoms with Gasteiger partial charge in [-0.1, -0.05) is 11.2 Å². The van der Waals surface area contributed by atoms with Gasteiger partial charge in [-0.25, -0.2) is 8.42 Å². The van der Waals surface area contributed by atoms with Crippen molar-refractivity contribution in [3.63, 3.8) is 0 Å². The summed E-state index contributed by atoms with van der Waals surface area (Å²) in [6.45, 7) is 0. The number of pyridine rings is 1. The normalized spacial score (nSPS) is 17.9. The predicted octanol–water partition coefficient (Wildman–Crippen LogP) is 4.45. The van der Waals surface area contributed by atoms with Gasteiger partial charge >= 0.3 is 6.18 Å². The first-order valence-corrected chi connectivity index (χ1v) is 11.9. The number of ether oxygens (including phenoxy) is 1. The maximum atomic E-state index is 13.0. The van der Waals surface area contributed by atoms with E-state index in [0.29, 0.717) is 22.2 Å². The third-order valence-electron chi connectivity index (χ3n) is 5.94. The molecule has 5 rings (SSSR count). The highest BCUT2D eigenvalue weighted by Crippen LogP contribution is 2.56. The van der Waals surface area contributed by atoms with Gasteiger partial charge in [0.25, 0.3) is 15.6 Å². The van der Waals surface area contributed by atoms with Crippen LogP contribution >= 0.6 is 0 Å². The van der Waals surface area contributed by atoms with Crippen molar-refractivity contribution in [1.82, 2.24) is 9.72 Å². The zero-order chi connectivity index (χ0) is 25.0. The number of hydrogen-bond acceptors (Lipinski definition) is 6. The lowest BCUT2D eigenvalue weighted by Crippen LogP contribution is -2.19. The Kier molecular flexibility index (Phi) is 5.35. The first-order valence-electron chi connectivity index (χ1n) is 10.4. The molecule has 1 fully saturated rings. The Balaban J connectivity index is 1.56. The van der Waals surface area contributed by atoms with Crippen LogP contribution in [0, 0.1) is 5.92 Å². The van der Waals surface area contributed by atoms with Crippen LogP contribution in [-0.2, 0) is 10.0 Å². The minimum atomic E-state index is -4.26. The number of nitrogens with zero attached hydrogens (tertiary/aromatic N) is 2. The number of aromatic nitrogens is 2. The van der Waals surface area contributed by atoms with Crippen molar-refractivity contribution in [2.75, 3.05) is 11.8 Å². The van der Waals surface area contributed by atoms with Gasteiger partial charge in [0, 0.05) is 17.5 Å². The van der Waals surface area contributed by atoms with E-state index in [1.54, 1.807) is 6.07 Å². The summed E-state index contributed by atoms with van der Waals surface area (Å²) in [6.07, 6.45) is -3.02. The number of nitrogens with one attached hydrogen (secondary N) is 1. The average molecular weight is 505 g/mol. The van der Waals surface area contributed by atoms with E-state index >= 15 is 0 Å². The van der Waals surface area contributed by atoms with Crippen LogP contribution in [0.2, 0.25) is 0 Å². The standard InChI is InChI=1S/C23H18F3N3O5S/c1-33-20-11-13(16-12-17(16)23(24,25)26)2-5-19(20)29-18-6-4-15(10-14(18)3-7-22(29)30)35(31,32)28-21-8-9-34-27-21/h2-11,16-17H,12H2,1H3,(H,27,28)/t16?,17-/m1/s1. The second-order valence-electron chi connectivity index (χ2n) is 8.14. The highest BCUT2D eigenvalue weighted by molar-refractivity contribution is 7.92. The van der Waals surface area contributed by atoms with E-state index in [1.165, 1.54) is 66.5 Å². The predicted molar refractivity (Wildman–Crippen MR) is 120 cm³/mol. The number of hydrogen-bond donors (Lipinski definition) is 1. The summed E-state index contributed by atoms with van der Waals surface area (Å²) in [4.78, 5) is 12.8. The minimum Gasteiger partial charge on any atom is -0.495 e. The lowest BCUT2D eigenvalue weighted by atomic mass is 10.1. The summed E-state index contributed by atoms with van der Waals surface area (Å²) in [5.41, 5.74) is 0.781. The van der Waals surface area contributed by atoms with E-state index in [2.05, 4.69) is 14.4 Å².